The van der Waals surface area contributed by atoms with Crippen molar-refractivity contribution in [1.82, 2.24) is 9.80 Å². The van der Waals surface area contributed by atoms with Crippen molar-refractivity contribution < 1.29 is 19.7 Å². The van der Waals surface area contributed by atoms with E-state index < -0.39 is 6.10 Å². The van der Waals surface area contributed by atoms with E-state index in [1.165, 1.54) is 12.8 Å². The summed E-state index contributed by atoms with van der Waals surface area (Å²) < 4.78 is 11.5. The highest BCUT2D eigenvalue weighted by Crippen LogP contribution is 2.32. The van der Waals surface area contributed by atoms with Crippen LogP contribution in [-0.4, -0.2) is 78.7 Å². The van der Waals surface area contributed by atoms with E-state index in [9.17, 15) is 10.2 Å². The number of hydrogen-bond acceptors (Lipinski definition) is 6. The molecule has 1 aliphatic heterocycles. The van der Waals surface area contributed by atoms with E-state index in [1.54, 1.807) is 7.11 Å². The molecule has 0 spiro atoms. The molecule has 2 fully saturated rings. The van der Waals surface area contributed by atoms with Crippen LogP contribution in [0.25, 0.3) is 0 Å². The van der Waals surface area contributed by atoms with Crippen LogP contribution in [0.5, 0.6) is 11.5 Å². The summed E-state index contributed by atoms with van der Waals surface area (Å²) in [7, 11) is 1.69. The van der Waals surface area contributed by atoms with E-state index in [-0.39, 0.29) is 12.7 Å². The molecule has 0 bridgehead atoms. The molecule has 0 radical (unpaired) electrons. The Bertz CT molecular complexity index is 615. The van der Waals surface area contributed by atoms with Gasteiger partial charge < -0.3 is 24.6 Å². The molecule has 1 aromatic carbocycles. The Balaban J connectivity index is 1.57. The van der Waals surface area contributed by atoms with Crippen LogP contribution in [0, 0.1) is 5.92 Å². The zero-order chi connectivity index (χ0) is 20.6. The second-order valence-corrected chi connectivity index (χ2v) is 8.65. The zero-order valence-corrected chi connectivity index (χ0v) is 18.1. The van der Waals surface area contributed by atoms with E-state index in [0.717, 1.165) is 75.0 Å². The monoisotopic (exact) mass is 406 g/mol. The summed E-state index contributed by atoms with van der Waals surface area (Å²) in [6.07, 6.45) is 4.66. The molecule has 1 saturated carbocycles. The van der Waals surface area contributed by atoms with Gasteiger partial charge in [0.15, 0.2) is 0 Å². The van der Waals surface area contributed by atoms with Crippen LogP contribution in [0.1, 0.15) is 44.6 Å². The number of methoxy groups -OCH3 is 1. The van der Waals surface area contributed by atoms with E-state index in [2.05, 4.69) is 22.8 Å². The molecule has 1 heterocycles. The molecule has 6 heteroatoms. The lowest BCUT2D eigenvalue weighted by molar-refractivity contribution is 0.0335. The Morgan fingerprint density at radius 3 is 2.62 bits per heavy atom. The molecule has 3 rings (SSSR count). The number of nitrogens with zero attached hydrogens (tertiary/aromatic N) is 2. The molecule has 164 valence electrons. The molecule has 2 N–H and O–H groups in total. The van der Waals surface area contributed by atoms with Crippen LogP contribution in [0.3, 0.4) is 0 Å². The lowest BCUT2D eigenvalue weighted by atomic mass is 10.1. The summed E-state index contributed by atoms with van der Waals surface area (Å²) >= 11 is 0. The molecule has 0 amide bonds. The fourth-order valence-corrected chi connectivity index (χ4v) is 4.04. The van der Waals surface area contributed by atoms with Gasteiger partial charge in [-0.2, -0.15) is 0 Å². The number of aliphatic hydroxyl groups excluding tert-OH is 2. The van der Waals surface area contributed by atoms with Gasteiger partial charge in [-0.25, -0.2) is 0 Å². The van der Waals surface area contributed by atoms with E-state index in [0.29, 0.717) is 6.54 Å². The van der Waals surface area contributed by atoms with Crippen molar-refractivity contribution in [1.29, 1.82) is 0 Å². The predicted molar refractivity (Wildman–Crippen MR) is 114 cm³/mol. The van der Waals surface area contributed by atoms with Crippen molar-refractivity contribution in [2.75, 3.05) is 46.4 Å². The number of piperidine rings is 1. The first kappa shape index (κ1) is 22.3. The van der Waals surface area contributed by atoms with Crippen molar-refractivity contribution in [2.45, 2.75) is 57.8 Å². The van der Waals surface area contributed by atoms with E-state index >= 15 is 0 Å². The van der Waals surface area contributed by atoms with Crippen LogP contribution in [0.4, 0.5) is 0 Å². The summed E-state index contributed by atoms with van der Waals surface area (Å²) in [5, 5.41) is 20.1. The summed E-state index contributed by atoms with van der Waals surface area (Å²) in [6.45, 7) is 7.81. The molecule has 6 nitrogen and oxygen atoms in total. The second kappa shape index (κ2) is 11.2. The predicted octanol–water partition coefficient (Wildman–Crippen LogP) is 2.51. The molecular formula is C23H38N2O4. The highest BCUT2D eigenvalue weighted by molar-refractivity contribution is 5.40. The van der Waals surface area contributed by atoms with Gasteiger partial charge >= 0.3 is 0 Å². The van der Waals surface area contributed by atoms with Crippen LogP contribution in [0.2, 0.25) is 0 Å². The Labute approximate surface area is 175 Å². The number of hydrogen-bond donors (Lipinski definition) is 2. The molecule has 2 aliphatic rings. The molecular weight excluding hydrogens is 368 g/mol. The lowest BCUT2D eigenvalue weighted by Gasteiger charge is -2.31. The Morgan fingerprint density at radius 2 is 1.97 bits per heavy atom. The standard InChI is InChI=1S/C23H38N2O4/c1-3-10-25(14-18-4-5-18)15-19-13-22(28-2)6-7-23(19)29-17-21(27)16-24-11-8-20(26)9-12-24/h6-7,13,18,20-21,26-27H,3-5,8-12,14-17H2,1-2H3. The molecule has 1 atom stereocenters. The first-order chi connectivity index (χ1) is 14.1. The molecule has 1 unspecified atom stereocenters. The zero-order valence-electron chi connectivity index (χ0n) is 18.1. The van der Waals surface area contributed by atoms with Crippen molar-refractivity contribution in [2.24, 2.45) is 5.92 Å². The number of rotatable bonds is 12. The van der Waals surface area contributed by atoms with Crippen molar-refractivity contribution >= 4 is 0 Å². The summed E-state index contributed by atoms with van der Waals surface area (Å²) in [6, 6.07) is 5.94. The number of β-amino-alcohol motifs (C(OH)–C–C–N with tert-alkyl or cyclic N) is 1. The topological polar surface area (TPSA) is 65.4 Å². The van der Waals surface area contributed by atoms with Crippen LogP contribution < -0.4 is 9.47 Å². The Kier molecular flexibility index (Phi) is 8.60. The van der Waals surface area contributed by atoms with Crippen LogP contribution in [0.15, 0.2) is 18.2 Å². The van der Waals surface area contributed by atoms with Gasteiger partial charge in [0.2, 0.25) is 0 Å². The third kappa shape index (κ3) is 7.45. The van der Waals surface area contributed by atoms with Crippen molar-refractivity contribution in [3.63, 3.8) is 0 Å². The van der Waals surface area contributed by atoms with Gasteiger partial charge in [-0.3, -0.25) is 4.90 Å². The van der Waals surface area contributed by atoms with Gasteiger partial charge in [0, 0.05) is 38.3 Å². The molecule has 1 aromatic rings. The number of ether oxygens (including phenoxy) is 2. The van der Waals surface area contributed by atoms with Gasteiger partial charge in [-0.1, -0.05) is 6.92 Å². The minimum Gasteiger partial charge on any atom is -0.497 e. The van der Waals surface area contributed by atoms with Gasteiger partial charge in [0.1, 0.15) is 24.2 Å². The molecule has 1 aliphatic carbocycles. The van der Waals surface area contributed by atoms with Crippen LogP contribution in [-0.2, 0) is 6.54 Å². The van der Waals surface area contributed by atoms with Crippen LogP contribution >= 0.6 is 0 Å². The number of benzene rings is 1. The molecule has 1 saturated heterocycles. The second-order valence-electron chi connectivity index (χ2n) is 8.65. The highest BCUT2D eigenvalue weighted by Gasteiger charge is 2.25. The summed E-state index contributed by atoms with van der Waals surface area (Å²) in [4.78, 5) is 4.71. The van der Waals surface area contributed by atoms with Gasteiger partial charge in [-0.15, -0.1) is 0 Å². The normalized spacial score (nSPS) is 19.5. The van der Waals surface area contributed by atoms with E-state index in [4.69, 9.17) is 9.47 Å². The summed E-state index contributed by atoms with van der Waals surface area (Å²) in [5.74, 6) is 2.51. The smallest absolute Gasteiger partial charge is 0.124 e. The largest absolute Gasteiger partial charge is 0.497 e. The minimum absolute atomic E-state index is 0.191. The van der Waals surface area contributed by atoms with Gasteiger partial charge in [-0.05, 0) is 62.8 Å². The SMILES string of the molecule is CCCN(Cc1cc(OC)ccc1OCC(O)CN1CCC(O)CC1)CC1CC1. The highest BCUT2D eigenvalue weighted by atomic mass is 16.5. The fourth-order valence-electron chi connectivity index (χ4n) is 4.04. The first-order valence-electron chi connectivity index (χ1n) is 11.2. The quantitative estimate of drug-likeness (QED) is 0.556. The molecule has 29 heavy (non-hydrogen) atoms. The Morgan fingerprint density at radius 1 is 1.21 bits per heavy atom. The number of likely N-dealkylation sites (tertiary alicyclic amines) is 1. The Hall–Kier alpha value is -1.34. The third-order valence-corrected chi connectivity index (χ3v) is 5.87. The van der Waals surface area contributed by atoms with E-state index in [1.807, 2.05) is 12.1 Å². The lowest BCUT2D eigenvalue weighted by Crippen LogP contribution is -2.41. The van der Waals surface area contributed by atoms with Crippen molar-refractivity contribution in [3.8, 4) is 11.5 Å². The van der Waals surface area contributed by atoms with Crippen molar-refractivity contribution in [3.05, 3.63) is 23.8 Å². The van der Waals surface area contributed by atoms with Gasteiger partial charge in [0.05, 0.1) is 13.2 Å². The maximum Gasteiger partial charge on any atom is 0.124 e. The third-order valence-electron chi connectivity index (χ3n) is 5.87. The van der Waals surface area contributed by atoms with Gasteiger partial charge in [0.25, 0.3) is 0 Å². The average Bonchev–Trinajstić information content (AvgIpc) is 3.53. The summed E-state index contributed by atoms with van der Waals surface area (Å²) in [5.41, 5.74) is 1.12. The molecule has 0 aromatic heterocycles. The average molecular weight is 407 g/mol. The maximum absolute atomic E-state index is 10.4. The first-order valence-corrected chi connectivity index (χ1v) is 11.2. The maximum atomic E-state index is 10.4. The number of aliphatic hydroxyl groups is 2. The minimum atomic E-state index is -0.543. The fraction of sp³-hybridized carbons (Fsp3) is 0.739.